The molecule has 0 spiro atoms. The first-order chi connectivity index (χ1) is 19.6. The fraction of sp³-hybridized carbons (Fsp3) is 0.524. The third-order valence-corrected chi connectivity index (χ3v) is 10.1. The molecule has 8 atom stereocenters. The number of nitrogen functional groups attached to an aromatic ring is 2. The molecule has 2 saturated heterocycles. The zero-order valence-electron chi connectivity index (χ0n) is 21.1. The van der Waals surface area contributed by atoms with Crippen LogP contribution in [0.5, 0.6) is 0 Å². The van der Waals surface area contributed by atoms with E-state index < -0.39 is 61.1 Å². The van der Waals surface area contributed by atoms with E-state index in [1.54, 1.807) is 6.20 Å². The van der Waals surface area contributed by atoms with Gasteiger partial charge in [0.05, 0.1) is 44.0 Å². The molecule has 17 nitrogen and oxygen atoms in total. The average Bonchev–Trinajstić information content (AvgIpc) is 3.68. The van der Waals surface area contributed by atoms with Crippen molar-refractivity contribution in [3.8, 4) is 0 Å². The predicted octanol–water partition coefficient (Wildman–Crippen LogP) is -1.08. The van der Waals surface area contributed by atoms with Gasteiger partial charge in [-0.1, -0.05) is 0 Å². The van der Waals surface area contributed by atoms with E-state index in [1.807, 2.05) is 0 Å². The number of aromatic nitrogens is 8. The molecule has 220 valence electrons. The second-order valence-corrected chi connectivity index (χ2v) is 13.2. The highest BCUT2D eigenvalue weighted by Crippen LogP contribution is 2.58. The first-order valence-electron chi connectivity index (χ1n) is 12.5. The van der Waals surface area contributed by atoms with Crippen LogP contribution in [0.4, 0.5) is 16.3 Å². The number of aliphatic hydroxyl groups excluding tert-OH is 2. The highest BCUT2D eigenvalue weighted by Gasteiger charge is 2.53. The van der Waals surface area contributed by atoms with Gasteiger partial charge in [-0.15, -0.1) is 0 Å². The molecule has 2 fully saturated rings. The molecule has 0 radical (unpaired) electrons. The summed E-state index contributed by atoms with van der Waals surface area (Å²) in [6.07, 6.45) is -2.27. The lowest BCUT2D eigenvalue weighted by Gasteiger charge is -2.28. The number of nitrogens with two attached hydrogens (primary N) is 2. The smallest absolute Gasteiger partial charge is 0.280 e. The third kappa shape index (κ3) is 4.87. The van der Waals surface area contributed by atoms with Gasteiger partial charge in [0.25, 0.3) is 5.56 Å². The molecule has 41 heavy (non-hydrogen) atoms. The molecule has 0 aliphatic carbocycles. The highest BCUT2D eigenvalue weighted by atomic mass is 32.5. The number of aromatic amines is 1. The monoisotopic (exact) mass is 612 g/mol. The molecule has 4 aromatic rings. The minimum Gasteiger partial charge on any atom is -0.394 e. The Labute approximate surface area is 234 Å². The number of imidazole rings is 1. The van der Waals surface area contributed by atoms with Gasteiger partial charge < -0.3 is 40.6 Å². The van der Waals surface area contributed by atoms with E-state index in [0.29, 0.717) is 11.2 Å². The minimum atomic E-state index is -3.98. The number of hydrogen-bond acceptors (Lipinski definition) is 14. The van der Waals surface area contributed by atoms with Crippen LogP contribution in [0.3, 0.4) is 0 Å². The molecule has 0 bridgehead atoms. The van der Waals surface area contributed by atoms with Crippen LogP contribution in [-0.2, 0) is 25.8 Å². The van der Waals surface area contributed by atoms with Crippen molar-refractivity contribution >= 4 is 47.0 Å². The van der Waals surface area contributed by atoms with Crippen LogP contribution in [0.25, 0.3) is 16.8 Å². The van der Waals surface area contributed by atoms with Gasteiger partial charge in [0.1, 0.15) is 24.3 Å². The van der Waals surface area contributed by atoms with Crippen LogP contribution in [0.15, 0.2) is 23.6 Å². The second-order valence-electron chi connectivity index (χ2n) is 9.68. The van der Waals surface area contributed by atoms with Crippen molar-refractivity contribution in [2.75, 3.05) is 24.7 Å². The predicted molar refractivity (Wildman–Crippen MR) is 143 cm³/mol. The molecule has 0 amide bonds. The molecule has 0 saturated carbocycles. The summed E-state index contributed by atoms with van der Waals surface area (Å²) in [5.41, 5.74) is 10.4. The first kappa shape index (κ1) is 28.0. The van der Waals surface area contributed by atoms with Crippen LogP contribution >= 0.6 is 6.49 Å². The van der Waals surface area contributed by atoms with Crippen molar-refractivity contribution in [3.05, 3.63) is 34.8 Å². The van der Waals surface area contributed by atoms with E-state index in [4.69, 9.17) is 37.3 Å². The van der Waals surface area contributed by atoms with Crippen molar-refractivity contribution < 1.29 is 33.5 Å². The van der Waals surface area contributed by atoms with E-state index in [9.17, 15) is 19.9 Å². The quantitative estimate of drug-likeness (QED) is 0.130. The number of nitrogens with one attached hydrogen (secondary N) is 1. The molecule has 1 unspecified atom stereocenters. The number of nitrogens with zero attached hydrogens (tertiary/aromatic N) is 7. The standard InChI is InChI=1S/C21H26FN10O7PS/c22-13-12(5-33)39-19(31-7-27-14-17(31)29-20(23)30-18(14)35)15(13)40(36,41)37-2-1-10-9(34)3-11(38-10)8-4-28-32-16(8)25-6-26-21(32)24/h4,6-7,9-13,15,19,33-34H,1-3,5H2,(H,36,41)(H2,24,25,26)(H3,23,29,30,35)/t9-,10+,11+,12+,13+,15+,19+,40?/m0/s1. The number of H-pyrrole nitrogens is 1. The number of anilines is 2. The van der Waals surface area contributed by atoms with Gasteiger partial charge in [0.2, 0.25) is 11.9 Å². The average molecular weight is 613 g/mol. The number of aliphatic hydroxyl groups is 2. The molecular formula is C21H26FN10O7PS. The fourth-order valence-corrected chi connectivity index (χ4v) is 7.72. The van der Waals surface area contributed by atoms with Gasteiger partial charge in [0.15, 0.2) is 29.5 Å². The van der Waals surface area contributed by atoms with Gasteiger partial charge in [-0.05, 0) is 18.2 Å². The van der Waals surface area contributed by atoms with Gasteiger partial charge >= 0.3 is 0 Å². The zero-order valence-corrected chi connectivity index (χ0v) is 22.8. The lowest BCUT2D eigenvalue weighted by atomic mass is 10.1. The summed E-state index contributed by atoms with van der Waals surface area (Å²) in [6, 6.07) is 0. The molecule has 8 N–H and O–H groups in total. The highest BCUT2D eigenvalue weighted by molar-refractivity contribution is 8.09. The first-order valence-corrected chi connectivity index (χ1v) is 15.2. The van der Waals surface area contributed by atoms with Gasteiger partial charge in [0, 0.05) is 12.0 Å². The Kier molecular flexibility index (Phi) is 7.23. The Morgan fingerprint density at radius 3 is 2.83 bits per heavy atom. The maximum absolute atomic E-state index is 15.5. The summed E-state index contributed by atoms with van der Waals surface area (Å²) < 4.78 is 35.5. The van der Waals surface area contributed by atoms with Crippen LogP contribution in [0.1, 0.15) is 30.7 Å². The molecular weight excluding hydrogens is 586 g/mol. The zero-order chi connectivity index (χ0) is 29.1. The number of fused-ring (bicyclic) bond motifs is 2. The Balaban J connectivity index is 1.17. The number of hydrogen-bond donors (Lipinski definition) is 6. The maximum atomic E-state index is 15.5. The molecule has 2 aliphatic heterocycles. The molecule has 2 aliphatic rings. The number of ether oxygens (including phenoxy) is 2. The van der Waals surface area contributed by atoms with Crippen molar-refractivity contribution in [2.45, 2.75) is 55.3 Å². The topological polar surface area (TPSA) is 247 Å². The van der Waals surface area contributed by atoms with Crippen LogP contribution in [0, 0.1) is 0 Å². The largest absolute Gasteiger partial charge is 0.394 e. The van der Waals surface area contributed by atoms with E-state index >= 15 is 4.39 Å². The summed E-state index contributed by atoms with van der Waals surface area (Å²) in [5.74, 6) is -0.0561. The van der Waals surface area contributed by atoms with Gasteiger partial charge in [-0.25, -0.2) is 19.3 Å². The summed E-state index contributed by atoms with van der Waals surface area (Å²) in [5, 5.41) is 24.5. The summed E-state index contributed by atoms with van der Waals surface area (Å²) in [6.45, 7) is -4.85. The van der Waals surface area contributed by atoms with Gasteiger partial charge in [-0.2, -0.15) is 14.6 Å². The van der Waals surface area contributed by atoms with Crippen molar-refractivity contribution in [3.63, 3.8) is 0 Å². The van der Waals surface area contributed by atoms with Crippen LogP contribution < -0.4 is 17.0 Å². The molecule has 6 heterocycles. The second kappa shape index (κ2) is 10.6. The Bertz CT molecular complexity index is 1700. The summed E-state index contributed by atoms with van der Waals surface area (Å²) in [7, 11) is 0. The van der Waals surface area contributed by atoms with Crippen LogP contribution in [0.2, 0.25) is 0 Å². The maximum Gasteiger partial charge on any atom is 0.280 e. The van der Waals surface area contributed by atoms with Gasteiger partial charge in [-0.3, -0.25) is 14.3 Å². The summed E-state index contributed by atoms with van der Waals surface area (Å²) in [4.78, 5) is 41.9. The van der Waals surface area contributed by atoms with Crippen molar-refractivity contribution in [2.24, 2.45) is 0 Å². The van der Waals surface area contributed by atoms with Crippen molar-refractivity contribution in [1.82, 2.24) is 39.1 Å². The lowest BCUT2D eigenvalue weighted by Crippen LogP contribution is -2.31. The lowest BCUT2D eigenvalue weighted by molar-refractivity contribution is -0.0324. The molecule has 20 heteroatoms. The third-order valence-electron chi connectivity index (χ3n) is 7.18. The van der Waals surface area contributed by atoms with E-state index in [1.165, 1.54) is 21.7 Å². The van der Waals surface area contributed by atoms with E-state index in [-0.39, 0.29) is 42.5 Å². The Morgan fingerprint density at radius 2 is 2.05 bits per heavy atom. The normalized spacial score (nSPS) is 29.9. The van der Waals surface area contributed by atoms with E-state index in [0.717, 1.165) is 0 Å². The minimum absolute atomic E-state index is 0.0183. The van der Waals surface area contributed by atoms with E-state index in [2.05, 4.69) is 30.0 Å². The number of halogens is 1. The number of alkyl halides is 1. The number of rotatable bonds is 8. The molecule has 6 rings (SSSR count). The summed E-state index contributed by atoms with van der Waals surface area (Å²) >= 11 is 5.38. The molecule has 0 aromatic carbocycles. The van der Waals surface area contributed by atoms with Crippen LogP contribution in [-0.4, -0.2) is 97.6 Å². The fourth-order valence-electron chi connectivity index (χ4n) is 5.21. The Hall–Kier alpha value is -3.16. The SMILES string of the molecule is Nc1nc2c(ncn2[C@@H]2O[C@H](CO)[C@@H](F)[C@H]2P(O)(=S)OCC[C@H]2O[C@@H](c3cnn4c(N)ncnc34)C[C@@H]2O)c(=O)[nH]1. The van der Waals surface area contributed by atoms with Crippen molar-refractivity contribution in [1.29, 1.82) is 0 Å². The molecule has 4 aromatic heterocycles. The Morgan fingerprint density at radius 1 is 1.24 bits per heavy atom.